The Morgan fingerprint density at radius 2 is 2.14 bits per heavy atom. The van der Waals surface area contributed by atoms with Gasteiger partial charge < -0.3 is 9.64 Å². The largest absolute Gasteiger partial charge is 0.444 e. The highest BCUT2D eigenvalue weighted by Crippen LogP contribution is 2.36. The number of nitrogens with one attached hydrogen (secondary N) is 1. The van der Waals surface area contributed by atoms with Gasteiger partial charge in [-0.05, 0) is 43.3 Å². The molecule has 0 fully saturated rings. The molecule has 0 saturated heterocycles. The predicted molar refractivity (Wildman–Crippen MR) is 81.1 cm³/mol. The molecule has 1 aliphatic heterocycles. The Morgan fingerprint density at radius 1 is 1.36 bits per heavy atom. The molecule has 3 rings (SSSR count). The second-order valence-electron chi connectivity index (χ2n) is 6.16. The van der Waals surface area contributed by atoms with Gasteiger partial charge in [-0.1, -0.05) is 6.07 Å². The first-order valence-corrected chi connectivity index (χ1v) is 6.97. The summed E-state index contributed by atoms with van der Waals surface area (Å²) in [4.78, 5) is 14.0. The van der Waals surface area contributed by atoms with Crippen LogP contribution in [0.25, 0.3) is 5.69 Å². The van der Waals surface area contributed by atoms with E-state index in [1.54, 1.807) is 4.68 Å². The predicted octanol–water partition coefficient (Wildman–Crippen LogP) is 1.96. The van der Waals surface area contributed by atoms with E-state index in [0.717, 1.165) is 17.2 Å². The molecule has 2 heterocycles. The molecule has 1 N–H and O–H groups in total. The van der Waals surface area contributed by atoms with Crippen LogP contribution in [0.5, 0.6) is 0 Å². The maximum Gasteiger partial charge on any atom is 0.412 e. The number of hydrogen-bond donors (Lipinski definition) is 1. The van der Waals surface area contributed by atoms with Gasteiger partial charge in [0, 0.05) is 7.05 Å². The van der Waals surface area contributed by atoms with Gasteiger partial charge in [0.15, 0.2) is 5.82 Å². The van der Waals surface area contributed by atoms with Crippen LogP contribution in [0.1, 0.15) is 26.6 Å². The van der Waals surface area contributed by atoms with Crippen molar-refractivity contribution in [1.29, 1.82) is 0 Å². The van der Waals surface area contributed by atoms with E-state index in [0.29, 0.717) is 12.2 Å². The lowest BCUT2D eigenvalue weighted by molar-refractivity contribution is 0.0636. The van der Waals surface area contributed by atoms with Gasteiger partial charge in [0.25, 0.3) is 0 Å². The number of nitrogens with zero attached hydrogens (tertiary/aromatic N) is 5. The number of carbonyl (C=O) groups is 1. The highest BCUT2D eigenvalue weighted by atomic mass is 16.6. The van der Waals surface area contributed by atoms with Gasteiger partial charge in [-0.2, -0.15) is 4.68 Å². The van der Waals surface area contributed by atoms with Crippen molar-refractivity contribution in [2.45, 2.75) is 32.9 Å². The van der Waals surface area contributed by atoms with Crippen LogP contribution < -0.4 is 10.2 Å². The van der Waals surface area contributed by atoms with Crippen LogP contribution in [-0.2, 0) is 11.3 Å². The fourth-order valence-corrected chi connectivity index (χ4v) is 2.40. The van der Waals surface area contributed by atoms with E-state index >= 15 is 0 Å². The Bertz CT molecular complexity index is 718. The summed E-state index contributed by atoms with van der Waals surface area (Å²) in [7, 11) is 1.93. The lowest BCUT2D eigenvalue weighted by atomic mass is 10.1. The number of benzene rings is 1. The van der Waals surface area contributed by atoms with Crippen LogP contribution in [0.3, 0.4) is 0 Å². The highest BCUT2D eigenvalue weighted by Gasteiger charge is 2.26. The second kappa shape index (κ2) is 4.97. The summed E-state index contributed by atoms with van der Waals surface area (Å²) in [5.74, 6) is 0.754. The van der Waals surface area contributed by atoms with Gasteiger partial charge in [0.1, 0.15) is 5.60 Å². The summed E-state index contributed by atoms with van der Waals surface area (Å²) in [5, 5.41) is 14.5. The second-order valence-corrected chi connectivity index (χ2v) is 6.16. The molecular formula is C14H18N6O2. The van der Waals surface area contributed by atoms with Crippen LogP contribution in [0, 0.1) is 0 Å². The van der Waals surface area contributed by atoms with Gasteiger partial charge >= 0.3 is 6.09 Å². The molecule has 116 valence electrons. The van der Waals surface area contributed by atoms with Crippen molar-refractivity contribution in [3.8, 4) is 5.69 Å². The van der Waals surface area contributed by atoms with Crippen molar-refractivity contribution in [1.82, 2.24) is 20.2 Å². The van der Waals surface area contributed by atoms with E-state index in [1.807, 2.05) is 50.9 Å². The van der Waals surface area contributed by atoms with Crippen LogP contribution >= 0.6 is 0 Å². The molecule has 1 amide bonds. The van der Waals surface area contributed by atoms with E-state index in [-0.39, 0.29) is 0 Å². The van der Waals surface area contributed by atoms with E-state index in [4.69, 9.17) is 4.74 Å². The summed E-state index contributed by atoms with van der Waals surface area (Å²) in [5.41, 5.74) is 1.79. The third-order valence-corrected chi connectivity index (χ3v) is 3.17. The number of aromatic nitrogens is 4. The number of tetrazole rings is 1. The zero-order valence-electron chi connectivity index (χ0n) is 13.0. The minimum absolute atomic E-state index is 0.489. The van der Waals surface area contributed by atoms with Crippen molar-refractivity contribution in [3.05, 3.63) is 24.0 Å². The van der Waals surface area contributed by atoms with Gasteiger partial charge in [0.2, 0.25) is 0 Å². The Balaban J connectivity index is 1.95. The normalized spacial score (nSPS) is 13.4. The zero-order chi connectivity index (χ0) is 15.9. The monoisotopic (exact) mass is 302 g/mol. The number of fused-ring (bicyclic) bond motifs is 3. The third-order valence-electron chi connectivity index (χ3n) is 3.17. The van der Waals surface area contributed by atoms with Crippen LogP contribution in [-0.4, -0.2) is 38.9 Å². The van der Waals surface area contributed by atoms with E-state index in [9.17, 15) is 4.79 Å². The highest BCUT2D eigenvalue weighted by molar-refractivity contribution is 5.92. The molecule has 8 heteroatoms. The number of para-hydroxylation sites is 1. The fourth-order valence-electron chi connectivity index (χ4n) is 2.40. The lowest BCUT2D eigenvalue weighted by Gasteiger charge is -2.29. The molecule has 0 radical (unpaired) electrons. The van der Waals surface area contributed by atoms with E-state index < -0.39 is 11.7 Å². The summed E-state index contributed by atoms with van der Waals surface area (Å²) in [6, 6.07) is 5.58. The first-order valence-electron chi connectivity index (χ1n) is 6.97. The number of hydrogen-bond acceptors (Lipinski definition) is 6. The average Bonchev–Trinajstić information content (AvgIpc) is 2.84. The maximum atomic E-state index is 12.0. The standard InChI is InChI=1S/C14H18N6O2/c1-14(2,3)22-13(21)15-9-6-5-7-10-12(9)19(4)8-11-16-17-18-20(10)11/h5-7H,8H2,1-4H3,(H,15,21). The summed E-state index contributed by atoms with van der Waals surface area (Å²) >= 11 is 0. The molecule has 0 spiro atoms. The molecular weight excluding hydrogens is 284 g/mol. The maximum absolute atomic E-state index is 12.0. The molecule has 0 atom stereocenters. The van der Waals surface area contributed by atoms with E-state index in [2.05, 4.69) is 20.8 Å². The van der Waals surface area contributed by atoms with Crippen molar-refractivity contribution in [2.75, 3.05) is 17.3 Å². The van der Waals surface area contributed by atoms with Crippen LogP contribution in [0.15, 0.2) is 18.2 Å². The minimum atomic E-state index is -0.548. The SMILES string of the molecule is CN1Cc2nnnn2-c2cccc(NC(=O)OC(C)(C)C)c21. The average molecular weight is 302 g/mol. The van der Waals surface area contributed by atoms with Crippen molar-refractivity contribution in [2.24, 2.45) is 0 Å². The van der Waals surface area contributed by atoms with Gasteiger partial charge in [-0.3, -0.25) is 5.32 Å². The lowest BCUT2D eigenvalue weighted by Crippen LogP contribution is -2.30. The number of carbonyl (C=O) groups excluding carboxylic acids is 1. The molecule has 1 aromatic heterocycles. The van der Waals surface area contributed by atoms with Gasteiger partial charge in [-0.15, -0.1) is 5.10 Å². The first-order chi connectivity index (χ1) is 10.3. The number of amides is 1. The minimum Gasteiger partial charge on any atom is -0.444 e. The Kier molecular flexibility index (Phi) is 3.23. The molecule has 22 heavy (non-hydrogen) atoms. The van der Waals surface area contributed by atoms with Crippen LogP contribution in [0.2, 0.25) is 0 Å². The Hall–Kier alpha value is -2.64. The summed E-state index contributed by atoms with van der Waals surface area (Å²) < 4.78 is 6.98. The third kappa shape index (κ3) is 2.59. The topological polar surface area (TPSA) is 85.2 Å². The van der Waals surface area contributed by atoms with Gasteiger partial charge in [-0.25, -0.2) is 4.79 Å². The quantitative estimate of drug-likeness (QED) is 0.866. The molecule has 0 saturated carbocycles. The van der Waals surface area contributed by atoms with Crippen LogP contribution in [0.4, 0.5) is 16.2 Å². The van der Waals surface area contributed by atoms with E-state index in [1.165, 1.54) is 0 Å². The molecule has 1 aliphatic rings. The summed E-state index contributed by atoms with van der Waals surface area (Å²) in [6.07, 6.45) is -0.489. The molecule has 0 aliphatic carbocycles. The van der Waals surface area contributed by atoms with Crippen molar-refractivity contribution >= 4 is 17.5 Å². The number of rotatable bonds is 1. The molecule has 1 aromatic carbocycles. The number of ether oxygens (including phenoxy) is 1. The fraction of sp³-hybridized carbons (Fsp3) is 0.429. The molecule has 2 aromatic rings. The first kappa shape index (κ1) is 14.3. The zero-order valence-corrected chi connectivity index (χ0v) is 13.0. The smallest absolute Gasteiger partial charge is 0.412 e. The molecule has 8 nitrogen and oxygen atoms in total. The Labute approximate surface area is 128 Å². The van der Waals surface area contributed by atoms with Gasteiger partial charge in [0.05, 0.1) is 23.6 Å². The molecule has 0 bridgehead atoms. The Morgan fingerprint density at radius 3 is 2.86 bits per heavy atom. The molecule has 0 unspecified atom stereocenters. The van der Waals surface area contributed by atoms with Crippen molar-refractivity contribution in [3.63, 3.8) is 0 Å². The number of anilines is 2. The summed E-state index contributed by atoms with van der Waals surface area (Å²) in [6.45, 7) is 6.04. The van der Waals surface area contributed by atoms with Crippen molar-refractivity contribution < 1.29 is 9.53 Å².